The van der Waals surface area contributed by atoms with E-state index in [-0.39, 0.29) is 0 Å². The van der Waals surface area contributed by atoms with Gasteiger partial charge in [0.2, 0.25) is 5.91 Å². The average Bonchev–Trinajstić information content (AvgIpc) is 2.28. The first-order chi connectivity index (χ1) is 7.94. The van der Waals surface area contributed by atoms with Crippen molar-refractivity contribution in [2.24, 2.45) is 0 Å². The van der Waals surface area contributed by atoms with Crippen LogP contribution in [0.15, 0.2) is 37.0 Å². The zero-order valence-corrected chi connectivity index (χ0v) is 10.2. The molecule has 94 valence electrons. The van der Waals surface area contributed by atoms with Crippen LogP contribution in [-0.4, -0.2) is 33.6 Å². The Morgan fingerprint density at radius 3 is 2.53 bits per heavy atom. The Hall–Kier alpha value is -1.09. The molecule has 0 fully saturated rings. The molecule has 0 aliphatic heterocycles. The number of hydrogen-bond donors (Lipinski definition) is 3. The van der Waals surface area contributed by atoms with Gasteiger partial charge >= 0.3 is 0 Å². The summed E-state index contributed by atoms with van der Waals surface area (Å²) in [5.41, 5.74) is 0. The molecule has 1 amide bonds. The molecule has 1 rings (SSSR count). The largest absolute Gasteiger partial charge is 0.329 e. The van der Waals surface area contributed by atoms with Gasteiger partial charge in [0.25, 0.3) is 0 Å². The first-order valence-electron chi connectivity index (χ1n) is 4.45. The summed E-state index contributed by atoms with van der Waals surface area (Å²) in [6.07, 6.45) is 6.29. The van der Waals surface area contributed by atoms with Crippen molar-refractivity contribution in [3.8, 4) is 0 Å². The van der Waals surface area contributed by atoms with Gasteiger partial charge in [-0.3, -0.25) is 4.79 Å². The van der Waals surface area contributed by atoms with Crippen LogP contribution >= 0.6 is 0 Å². The second-order valence-corrected chi connectivity index (χ2v) is 5.41. The third kappa shape index (κ3) is 2.78. The average molecular weight is 277 g/mol. The predicted molar refractivity (Wildman–Crippen MR) is 64.7 cm³/mol. The Morgan fingerprint density at radius 1 is 1.41 bits per heavy atom. The summed E-state index contributed by atoms with van der Waals surface area (Å²) in [6, 6.07) is 0. The zero-order chi connectivity index (χ0) is 13.1. The lowest BCUT2D eigenvalue weighted by Gasteiger charge is -2.33. The van der Waals surface area contributed by atoms with Crippen LogP contribution in [0.1, 0.15) is 0 Å². The van der Waals surface area contributed by atoms with E-state index in [1.165, 1.54) is 24.3 Å². The highest BCUT2D eigenvalue weighted by Crippen LogP contribution is 2.25. The molecule has 0 aromatic heterocycles. The van der Waals surface area contributed by atoms with E-state index in [4.69, 9.17) is 4.55 Å². The fourth-order valence-electron chi connectivity index (χ4n) is 1.38. The third-order valence-electron chi connectivity index (χ3n) is 2.17. The molecule has 4 atom stereocenters. The number of amides is 1. The summed E-state index contributed by atoms with van der Waals surface area (Å²) in [5.74, 6) is -0.706. The number of carbonyl (C=O) groups excluding carboxylic acids is 1. The van der Waals surface area contributed by atoms with E-state index >= 15 is 0 Å². The highest BCUT2D eigenvalue weighted by molar-refractivity contribution is 7.85. The Morgan fingerprint density at radius 2 is 2.06 bits per heavy atom. The number of nitrogens with one attached hydrogen (secondary N) is 1. The standard InChI is InChI=1S/C9H11NO5S2/c1-2-8(11)10-9(17(14)15)6-4-3-5-7(9)16(12)13/h2-7H,1H2,(H,10,11)(H,12,13)(H,14,15). The topological polar surface area (TPSA) is 104 Å². The van der Waals surface area contributed by atoms with Gasteiger partial charge in [0, 0.05) is 0 Å². The second-order valence-electron chi connectivity index (χ2n) is 3.18. The summed E-state index contributed by atoms with van der Waals surface area (Å²) in [7, 11) is 0. The molecule has 0 saturated carbocycles. The van der Waals surface area contributed by atoms with Crippen LogP contribution in [0.4, 0.5) is 0 Å². The molecule has 0 aromatic rings. The van der Waals surface area contributed by atoms with Gasteiger partial charge in [-0.2, -0.15) is 0 Å². The smallest absolute Gasteiger partial charge is 0.244 e. The molecule has 0 saturated heterocycles. The maximum atomic E-state index is 11.4. The molecule has 17 heavy (non-hydrogen) atoms. The van der Waals surface area contributed by atoms with Crippen molar-refractivity contribution in [2.45, 2.75) is 10.1 Å². The fraction of sp³-hybridized carbons (Fsp3) is 0.222. The van der Waals surface area contributed by atoms with Crippen molar-refractivity contribution < 1.29 is 22.3 Å². The van der Waals surface area contributed by atoms with Gasteiger partial charge < -0.3 is 14.4 Å². The normalized spacial score (nSPS) is 30.6. The Balaban J connectivity index is 3.21. The molecule has 0 heterocycles. The first-order valence-corrected chi connectivity index (χ1v) is 6.73. The predicted octanol–water partition coefficient (Wildman–Crippen LogP) is -0.0771. The van der Waals surface area contributed by atoms with E-state index in [0.717, 1.165) is 6.08 Å². The van der Waals surface area contributed by atoms with E-state index in [1.807, 2.05) is 0 Å². The fourth-order valence-corrected chi connectivity index (χ4v) is 3.19. The molecule has 1 aliphatic carbocycles. The minimum atomic E-state index is -2.55. The van der Waals surface area contributed by atoms with E-state index < -0.39 is 38.2 Å². The van der Waals surface area contributed by atoms with E-state index in [2.05, 4.69) is 11.9 Å². The maximum Gasteiger partial charge on any atom is 0.244 e. The number of allylic oxidation sites excluding steroid dienone is 2. The van der Waals surface area contributed by atoms with Crippen LogP contribution < -0.4 is 5.32 Å². The van der Waals surface area contributed by atoms with Crippen LogP contribution in [-0.2, 0) is 27.0 Å². The molecular weight excluding hydrogens is 266 g/mol. The first kappa shape index (κ1) is 14.0. The summed E-state index contributed by atoms with van der Waals surface area (Å²) in [5, 5.41) is 1.01. The van der Waals surface area contributed by atoms with Crippen molar-refractivity contribution in [1.82, 2.24) is 5.32 Å². The van der Waals surface area contributed by atoms with E-state index in [1.54, 1.807) is 0 Å². The van der Waals surface area contributed by atoms with E-state index in [9.17, 15) is 17.8 Å². The minimum Gasteiger partial charge on any atom is -0.329 e. The van der Waals surface area contributed by atoms with Gasteiger partial charge in [0.15, 0.2) is 27.0 Å². The third-order valence-corrected chi connectivity index (χ3v) is 4.36. The molecule has 4 unspecified atom stereocenters. The van der Waals surface area contributed by atoms with Crippen molar-refractivity contribution in [3.63, 3.8) is 0 Å². The van der Waals surface area contributed by atoms with Crippen molar-refractivity contribution >= 4 is 28.1 Å². The van der Waals surface area contributed by atoms with Crippen LogP contribution in [0.2, 0.25) is 0 Å². The van der Waals surface area contributed by atoms with Crippen LogP contribution in [0.3, 0.4) is 0 Å². The number of carbonyl (C=O) groups is 1. The van der Waals surface area contributed by atoms with Gasteiger partial charge in [0.05, 0.1) is 0 Å². The molecule has 3 N–H and O–H groups in total. The van der Waals surface area contributed by atoms with Crippen molar-refractivity contribution in [2.75, 3.05) is 0 Å². The molecule has 0 aromatic carbocycles. The van der Waals surface area contributed by atoms with Gasteiger partial charge in [-0.1, -0.05) is 24.8 Å². The molecule has 0 spiro atoms. The van der Waals surface area contributed by atoms with Gasteiger partial charge in [-0.25, -0.2) is 8.42 Å². The minimum absolute atomic E-state index is 0.706. The van der Waals surface area contributed by atoms with Crippen LogP contribution in [0.5, 0.6) is 0 Å². The van der Waals surface area contributed by atoms with Gasteiger partial charge in [-0.15, -0.1) is 0 Å². The summed E-state index contributed by atoms with van der Waals surface area (Å²) < 4.78 is 40.9. The lowest BCUT2D eigenvalue weighted by Crippen LogP contribution is -2.59. The summed E-state index contributed by atoms with van der Waals surface area (Å²) in [6.45, 7) is 3.21. The highest BCUT2D eigenvalue weighted by atomic mass is 32.2. The quantitative estimate of drug-likeness (QED) is 0.492. The molecule has 8 heteroatoms. The van der Waals surface area contributed by atoms with Crippen molar-refractivity contribution in [3.05, 3.63) is 37.0 Å². The lowest BCUT2D eigenvalue weighted by molar-refractivity contribution is -0.117. The Bertz CT molecular complexity index is 445. The van der Waals surface area contributed by atoms with E-state index in [0.29, 0.717) is 0 Å². The number of hydrogen-bond acceptors (Lipinski definition) is 3. The van der Waals surface area contributed by atoms with Crippen LogP contribution in [0.25, 0.3) is 0 Å². The van der Waals surface area contributed by atoms with Crippen LogP contribution in [0, 0.1) is 0 Å². The molecular formula is C9H11NO5S2. The Labute approximate surface area is 103 Å². The van der Waals surface area contributed by atoms with Crippen molar-refractivity contribution in [1.29, 1.82) is 0 Å². The zero-order valence-electron chi connectivity index (χ0n) is 8.61. The second kappa shape index (κ2) is 5.50. The summed E-state index contributed by atoms with van der Waals surface area (Å²) in [4.78, 5) is 9.42. The van der Waals surface area contributed by atoms with Gasteiger partial charge in [0.1, 0.15) is 5.25 Å². The Kier molecular flexibility index (Phi) is 4.52. The lowest BCUT2D eigenvalue weighted by atomic mass is 10.1. The number of rotatable bonds is 4. The molecule has 0 radical (unpaired) electrons. The molecule has 0 bridgehead atoms. The SMILES string of the molecule is C=CC(=O)NC1(S(=O)O)C=CC=CC1S(=O)O. The molecule has 6 nitrogen and oxygen atoms in total. The summed E-state index contributed by atoms with van der Waals surface area (Å²) >= 11 is -4.95. The highest BCUT2D eigenvalue weighted by Gasteiger charge is 2.46. The maximum absolute atomic E-state index is 11.4. The molecule has 1 aliphatic rings. The van der Waals surface area contributed by atoms with Gasteiger partial charge in [-0.05, 0) is 12.2 Å². The monoisotopic (exact) mass is 277 g/mol.